The van der Waals surface area contributed by atoms with Gasteiger partial charge in [0.05, 0.1) is 22.1 Å². The summed E-state index contributed by atoms with van der Waals surface area (Å²) in [6, 6.07) is 58.6. The van der Waals surface area contributed by atoms with Gasteiger partial charge in [0.15, 0.2) is 0 Å². The summed E-state index contributed by atoms with van der Waals surface area (Å²) in [5.74, 6) is 0. The van der Waals surface area contributed by atoms with Gasteiger partial charge < -0.3 is 9.13 Å². The van der Waals surface area contributed by atoms with Crippen molar-refractivity contribution in [2.45, 2.75) is 19.3 Å². The molecule has 0 unspecified atom stereocenters. The van der Waals surface area contributed by atoms with Gasteiger partial charge in [0, 0.05) is 43.9 Å². The summed E-state index contributed by atoms with van der Waals surface area (Å²) in [6.45, 7) is 4.76. The lowest BCUT2D eigenvalue weighted by Gasteiger charge is -2.35. The van der Waals surface area contributed by atoms with Crippen LogP contribution < -0.4 is 0 Å². The molecule has 1 aliphatic carbocycles. The minimum absolute atomic E-state index is 0.0974. The van der Waals surface area contributed by atoms with Crippen LogP contribution in [0.3, 0.4) is 0 Å². The van der Waals surface area contributed by atoms with E-state index in [-0.39, 0.29) is 5.41 Å². The van der Waals surface area contributed by atoms with E-state index >= 15 is 0 Å². The summed E-state index contributed by atoms with van der Waals surface area (Å²) in [5.41, 5.74) is 12.6. The lowest BCUT2D eigenvalue weighted by Crippen LogP contribution is -2.23. The molecule has 0 spiro atoms. The Labute approximate surface area is 284 Å². The summed E-state index contributed by atoms with van der Waals surface area (Å²) >= 11 is 0. The highest BCUT2D eigenvalue weighted by atomic mass is 15.0. The van der Waals surface area contributed by atoms with Crippen molar-refractivity contribution in [3.8, 4) is 22.5 Å². The minimum atomic E-state index is -0.0974. The van der Waals surface area contributed by atoms with Crippen molar-refractivity contribution in [3.63, 3.8) is 0 Å². The molecule has 1 aliphatic rings. The predicted octanol–water partition coefficient (Wildman–Crippen LogP) is 12.5. The molecule has 2 heterocycles. The summed E-state index contributed by atoms with van der Waals surface area (Å²) in [7, 11) is 0. The van der Waals surface area contributed by atoms with Gasteiger partial charge in [0.25, 0.3) is 0 Å². The Hall–Kier alpha value is -6.12. The van der Waals surface area contributed by atoms with Crippen LogP contribution in [0.15, 0.2) is 158 Å². The molecule has 2 heteroatoms. The molecule has 8 aromatic carbocycles. The quantitative estimate of drug-likeness (QED) is 0.181. The minimum Gasteiger partial charge on any atom is -0.309 e. The highest BCUT2D eigenvalue weighted by Gasteiger charge is 2.35. The molecule has 0 fully saturated rings. The van der Waals surface area contributed by atoms with Crippen LogP contribution in [0.4, 0.5) is 0 Å². The van der Waals surface area contributed by atoms with E-state index in [2.05, 4.69) is 181 Å². The average molecular weight is 625 g/mol. The van der Waals surface area contributed by atoms with Gasteiger partial charge in [-0.05, 0) is 92.8 Å². The zero-order chi connectivity index (χ0) is 32.4. The van der Waals surface area contributed by atoms with Crippen molar-refractivity contribution in [1.29, 1.82) is 0 Å². The molecule has 0 saturated carbocycles. The Morgan fingerprint density at radius 3 is 1.92 bits per heavy atom. The molecule has 0 amide bonds. The number of nitrogens with zero attached hydrogens (tertiary/aromatic N) is 2. The Balaban J connectivity index is 1.32. The molecule has 49 heavy (non-hydrogen) atoms. The third kappa shape index (κ3) is 3.50. The third-order valence-corrected chi connectivity index (χ3v) is 11.2. The zero-order valence-corrected chi connectivity index (χ0v) is 27.4. The number of para-hydroxylation sites is 2. The second-order valence-electron chi connectivity index (χ2n) is 14.2. The summed E-state index contributed by atoms with van der Waals surface area (Å²) in [6.07, 6.45) is 0. The first-order valence-electron chi connectivity index (χ1n) is 17.2. The van der Waals surface area contributed by atoms with Crippen LogP contribution in [-0.4, -0.2) is 9.13 Å². The van der Waals surface area contributed by atoms with Crippen LogP contribution in [0.2, 0.25) is 0 Å². The van der Waals surface area contributed by atoms with E-state index in [1.165, 1.54) is 98.8 Å². The van der Waals surface area contributed by atoms with E-state index in [1.54, 1.807) is 0 Å². The second kappa shape index (κ2) is 9.49. The van der Waals surface area contributed by atoms with Crippen molar-refractivity contribution in [3.05, 3.63) is 169 Å². The maximum atomic E-state index is 2.52. The highest BCUT2D eigenvalue weighted by molar-refractivity contribution is 6.26. The predicted molar refractivity (Wildman–Crippen MR) is 208 cm³/mol. The first-order chi connectivity index (χ1) is 24.1. The summed E-state index contributed by atoms with van der Waals surface area (Å²) in [4.78, 5) is 0. The standard InChI is InChI=1S/C47H32N2/c1-47(2)38-20-10-8-19-35(38)46-44-31(15-12-21-39(44)47)27-43-45(46)37-25-29-13-6-7-14-30(29)26-42(37)49(43)33-23-24-41-36(28-33)34-18-9-11-22-40(34)48(41)32-16-4-3-5-17-32/h3-28H,1-2H3. The smallest absolute Gasteiger partial charge is 0.0553 e. The van der Waals surface area contributed by atoms with E-state index in [4.69, 9.17) is 0 Å². The topological polar surface area (TPSA) is 9.86 Å². The van der Waals surface area contributed by atoms with Crippen molar-refractivity contribution in [2.24, 2.45) is 0 Å². The fourth-order valence-electron chi connectivity index (χ4n) is 9.05. The maximum Gasteiger partial charge on any atom is 0.0553 e. The lowest BCUT2D eigenvalue weighted by atomic mass is 9.68. The van der Waals surface area contributed by atoms with E-state index in [9.17, 15) is 0 Å². The molecule has 0 bridgehead atoms. The molecule has 0 aliphatic heterocycles. The van der Waals surface area contributed by atoms with Crippen LogP contribution >= 0.6 is 0 Å². The molecular formula is C47H32N2. The number of benzene rings is 8. The second-order valence-corrected chi connectivity index (χ2v) is 14.2. The van der Waals surface area contributed by atoms with Crippen molar-refractivity contribution in [2.75, 3.05) is 0 Å². The fourth-order valence-corrected chi connectivity index (χ4v) is 9.05. The lowest BCUT2D eigenvalue weighted by molar-refractivity contribution is 0.645. The van der Waals surface area contributed by atoms with E-state index in [0.717, 1.165) is 0 Å². The van der Waals surface area contributed by atoms with Gasteiger partial charge in [-0.25, -0.2) is 0 Å². The molecular weight excluding hydrogens is 593 g/mol. The van der Waals surface area contributed by atoms with E-state index in [1.807, 2.05) is 0 Å². The van der Waals surface area contributed by atoms with Crippen molar-refractivity contribution in [1.82, 2.24) is 9.13 Å². The molecule has 11 rings (SSSR count). The van der Waals surface area contributed by atoms with Crippen molar-refractivity contribution >= 4 is 65.2 Å². The average Bonchev–Trinajstić information content (AvgIpc) is 3.64. The SMILES string of the molecule is CC1(C)c2ccccc2-c2c3c1cccc3cc1c2c2cc3ccccc3cc2n1-c1ccc2c(c1)c1ccccc1n2-c1ccccc1. The Kier molecular flexibility index (Phi) is 5.21. The normalized spacial score (nSPS) is 13.7. The first-order valence-corrected chi connectivity index (χ1v) is 17.2. The molecule has 0 atom stereocenters. The maximum absolute atomic E-state index is 2.52. The Morgan fingerprint density at radius 2 is 1.04 bits per heavy atom. The van der Waals surface area contributed by atoms with Gasteiger partial charge in [-0.15, -0.1) is 0 Å². The zero-order valence-electron chi connectivity index (χ0n) is 27.4. The Morgan fingerprint density at radius 1 is 0.388 bits per heavy atom. The first kappa shape index (κ1) is 26.9. The third-order valence-electron chi connectivity index (χ3n) is 11.2. The van der Waals surface area contributed by atoms with Gasteiger partial charge in [0.1, 0.15) is 0 Å². The van der Waals surface area contributed by atoms with Gasteiger partial charge in [-0.1, -0.05) is 117 Å². The molecule has 0 saturated heterocycles. The number of hydrogen-bond donors (Lipinski definition) is 0. The van der Waals surface area contributed by atoms with Gasteiger partial charge in [-0.3, -0.25) is 0 Å². The highest BCUT2D eigenvalue weighted by Crippen LogP contribution is 2.53. The van der Waals surface area contributed by atoms with Crippen molar-refractivity contribution < 1.29 is 0 Å². The Bertz CT molecular complexity index is 3010. The fraction of sp³-hybridized carbons (Fsp3) is 0.0638. The van der Waals surface area contributed by atoms with Gasteiger partial charge in [-0.2, -0.15) is 0 Å². The number of hydrogen-bond acceptors (Lipinski definition) is 0. The monoisotopic (exact) mass is 624 g/mol. The van der Waals surface area contributed by atoms with Crippen LogP contribution in [0.1, 0.15) is 25.0 Å². The molecule has 230 valence electrons. The molecule has 0 N–H and O–H groups in total. The van der Waals surface area contributed by atoms with Gasteiger partial charge in [0.2, 0.25) is 0 Å². The summed E-state index contributed by atoms with van der Waals surface area (Å²) in [5, 5.41) is 10.3. The molecule has 0 radical (unpaired) electrons. The number of aromatic nitrogens is 2. The van der Waals surface area contributed by atoms with Gasteiger partial charge >= 0.3 is 0 Å². The largest absolute Gasteiger partial charge is 0.309 e. The molecule has 10 aromatic rings. The van der Waals surface area contributed by atoms with Crippen LogP contribution in [0.25, 0.3) is 87.7 Å². The van der Waals surface area contributed by atoms with Crippen LogP contribution in [0.5, 0.6) is 0 Å². The van der Waals surface area contributed by atoms with E-state index < -0.39 is 0 Å². The number of rotatable bonds is 2. The number of fused-ring (bicyclic) bond motifs is 10. The molecule has 2 aromatic heterocycles. The molecule has 2 nitrogen and oxygen atoms in total. The van der Waals surface area contributed by atoms with Crippen LogP contribution in [-0.2, 0) is 5.41 Å². The van der Waals surface area contributed by atoms with Crippen LogP contribution in [0, 0.1) is 0 Å². The summed E-state index contributed by atoms with van der Waals surface area (Å²) < 4.78 is 4.92. The van der Waals surface area contributed by atoms with E-state index in [0.29, 0.717) is 0 Å².